The number of nitrogens with zero attached hydrogens (tertiary/aromatic N) is 1. The molecule has 466 valence electrons. The van der Waals surface area contributed by atoms with E-state index in [1.54, 1.807) is 55.7 Å². The normalized spacial score (nSPS) is 21.8. The molecule has 4 aliphatic carbocycles. The summed E-state index contributed by atoms with van der Waals surface area (Å²) in [5, 5.41) is 9.74. The number of esters is 1. The predicted octanol–water partition coefficient (Wildman–Crippen LogP) is 14.5. The van der Waals surface area contributed by atoms with Crippen LogP contribution in [0.15, 0.2) is 150 Å². The number of hydrogen-bond acceptors (Lipinski definition) is 12. The summed E-state index contributed by atoms with van der Waals surface area (Å²) in [6.07, 6.45) is 9.92. The smallest absolute Gasteiger partial charge is 0.349 e. The second kappa shape index (κ2) is 27.5. The molecule has 5 atom stereocenters. The lowest BCUT2D eigenvalue weighted by Crippen LogP contribution is -2.42. The van der Waals surface area contributed by atoms with Crippen molar-refractivity contribution in [3.63, 3.8) is 0 Å². The highest BCUT2D eigenvalue weighted by atomic mass is 32.2. The number of allylic oxidation sites excluding steroid dienone is 2. The van der Waals surface area contributed by atoms with Crippen molar-refractivity contribution in [3.05, 3.63) is 189 Å². The Morgan fingerprint density at radius 1 is 0.648 bits per heavy atom. The standard InChI is InChI=1S/C28H34O8S2.C24H27NO2.C20H22O3/c1-25(2)21-9-11-27(25,15-37(31,32)33)23(29)19(21)13-17-5-7-18(8-6-17)14-20-22-10-12-28(24(20)30,26(22,3)4)16-38(34,35)36;1-3-5-12-19(4-2)18-27-24(26)22(17-25)23(20-13-8-6-9-14-20)21-15-10-7-11-16-21;1-20(2,3)16-9-5-14(6-10-16)18(21)13-19(22)15-7-11-17(23-4)12-8-15/h5-8,13-14,21-22H,9-12,15-16H2,1-4H3,(H,31,32,33)(H,34,35,36);6-11,13-16,19H,3-5,12,18H2,1-2H3;5-12H,13H2,1-4H3/b19-13-,20-14+;;. The summed E-state index contributed by atoms with van der Waals surface area (Å²) in [6, 6.07) is 42.7. The Morgan fingerprint density at radius 2 is 1.07 bits per heavy atom. The first kappa shape index (κ1) is 68.1. The predicted molar refractivity (Wildman–Crippen MR) is 343 cm³/mol. The van der Waals surface area contributed by atoms with Crippen LogP contribution in [-0.2, 0) is 44.8 Å². The number of nitriles is 1. The van der Waals surface area contributed by atoms with Gasteiger partial charge in [-0.3, -0.25) is 28.3 Å². The van der Waals surface area contributed by atoms with Crippen molar-refractivity contribution in [3.8, 4) is 11.8 Å². The lowest BCUT2D eigenvalue weighted by Gasteiger charge is -2.34. The minimum absolute atomic E-state index is 0.0422. The van der Waals surface area contributed by atoms with Gasteiger partial charge in [0.15, 0.2) is 23.1 Å². The van der Waals surface area contributed by atoms with E-state index in [1.165, 1.54) is 0 Å². The third kappa shape index (κ3) is 15.0. The van der Waals surface area contributed by atoms with E-state index in [-0.39, 0.29) is 52.4 Å². The maximum atomic E-state index is 13.4. The lowest BCUT2D eigenvalue weighted by molar-refractivity contribution is -0.140. The molecular weight excluding hydrogens is 1150 g/mol. The molecule has 4 fully saturated rings. The summed E-state index contributed by atoms with van der Waals surface area (Å²) in [6.45, 7) is 18.6. The van der Waals surface area contributed by atoms with Crippen molar-refractivity contribution < 1.29 is 59.4 Å². The fourth-order valence-corrected chi connectivity index (χ4v) is 16.1. The van der Waals surface area contributed by atoms with E-state index in [2.05, 4.69) is 40.7 Å². The first-order valence-electron chi connectivity index (χ1n) is 30.1. The van der Waals surface area contributed by atoms with E-state index >= 15 is 0 Å². The van der Waals surface area contributed by atoms with Gasteiger partial charge in [0.2, 0.25) is 0 Å². The van der Waals surface area contributed by atoms with Gasteiger partial charge in [0.1, 0.15) is 17.4 Å². The zero-order valence-corrected chi connectivity index (χ0v) is 53.9. The number of Topliss-reactive ketones (excluding diaryl/α,β-unsaturated/α-hetero) is 4. The van der Waals surface area contributed by atoms with Gasteiger partial charge in [-0.15, -0.1) is 0 Å². The molecule has 0 spiro atoms. The van der Waals surface area contributed by atoms with Gasteiger partial charge in [-0.2, -0.15) is 22.1 Å². The van der Waals surface area contributed by atoms with Gasteiger partial charge < -0.3 is 9.47 Å². The number of rotatable bonds is 20. The number of carbonyl (C=O) groups excluding carboxylic acids is 5. The third-order valence-electron chi connectivity index (χ3n) is 19.0. The molecule has 0 heterocycles. The van der Waals surface area contributed by atoms with E-state index in [0.29, 0.717) is 71.8 Å². The molecular formula is C72H83NO13S2. The van der Waals surface area contributed by atoms with Crippen molar-refractivity contribution in [2.75, 3.05) is 25.2 Å². The van der Waals surface area contributed by atoms with Gasteiger partial charge in [0.25, 0.3) is 20.2 Å². The maximum Gasteiger partial charge on any atom is 0.349 e. The summed E-state index contributed by atoms with van der Waals surface area (Å²) in [4.78, 5) is 64.1. The van der Waals surface area contributed by atoms with E-state index < -0.39 is 59.4 Å². The van der Waals surface area contributed by atoms with Gasteiger partial charge in [0, 0.05) is 27.8 Å². The van der Waals surface area contributed by atoms with Crippen LogP contribution in [0.25, 0.3) is 17.7 Å². The van der Waals surface area contributed by atoms with Gasteiger partial charge in [0.05, 0.1) is 42.5 Å². The van der Waals surface area contributed by atoms with Crippen LogP contribution in [0.4, 0.5) is 0 Å². The minimum atomic E-state index is -4.33. The minimum Gasteiger partial charge on any atom is -0.497 e. The molecule has 0 aromatic heterocycles. The van der Waals surface area contributed by atoms with Crippen LogP contribution in [0, 0.1) is 50.7 Å². The third-order valence-corrected chi connectivity index (χ3v) is 20.7. The molecule has 88 heavy (non-hydrogen) atoms. The fourth-order valence-electron chi connectivity index (χ4n) is 13.5. The number of ketones is 4. The van der Waals surface area contributed by atoms with Gasteiger partial charge in [-0.1, -0.05) is 191 Å². The number of ether oxygens (including phenoxy) is 2. The van der Waals surface area contributed by atoms with Crippen molar-refractivity contribution in [1.82, 2.24) is 0 Å². The average molecular weight is 1230 g/mol. The number of hydrogen-bond donors (Lipinski definition) is 2. The van der Waals surface area contributed by atoms with Crippen molar-refractivity contribution in [1.29, 1.82) is 5.26 Å². The summed E-state index contributed by atoms with van der Waals surface area (Å²) in [7, 11) is -7.09. The topological polar surface area (TPSA) is 236 Å². The van der Waals surface area contributed by atoms with E-state index in [4.69, 9.17) is 9.47 Å². The zero-order chi connectivity index (χ0) is 64.6. The van der Waals surface area contributed by atoms with E-state index in [9.17, 15) is 55.2 Å². The molecule has 14 nitrogen and oxygen atoms in total. The SMILES string of the molecule is CC1(C)C2CCC1(CS(=O)(=O)O)C(=O)/C2=C\c1ccc(/C=C2/C(=O)C3(CS(=O)(=O)O)CCC2C3(C)C)cc1.CCCCC(CC)COC(=O)C(C#N)=C(c1ccccc1)c1ccccc1.COc1ccc(C(=O)CC(=O)c2ccc(C(C)(C)C)cc2)cc1. The molecule has 0 saturated heterocycles. The van der Waals surface area contributed by atoms with Crippen LogP contribution < -0.4 is 4.74 Å². The number of methoxy groups -OCH3 is 1. The molecule has 0 radical (unpaired) electrons. The molecule has 9 rings (SSSR count). The number of benzene rings is 5. The first-order chi connectivity index (χ1) is 41.4. The average Bonchev–Trinajstić information content (AvgIpc) is 1.55. The van der Waals surface area contributed by atoms with Crippen LogP contribution in [0.1, 0.15) is 169 Å². The Bertz CT molecular complexity index is 3600. The van der Waals surface area contributed by atoms with Crippen molar-refractivity contribution in [2.45, 2.75) is 126 Å². The number of carbonyl (C=O) groups is 5. The highest BCUT2D eigenvalue weighted by Gasteiger charge is 2.69. The second-order valence-electron chi connectivity index (χ2n) is 26.0. The van der Waals surface area contributed by atoms with Crippen LogP contribution in [0.3, 0.4) is 0 Å². The lowest BCUT2D eigenvalue weighted by atomic mass is 9.70. The van der Waals surface area contributed by atoms with Crippen LogP contribution in [0.5, 0.6) is 5.75 Å². The van der Waals surface area contributed by atoms with E-state index in [1.807, 2.05) is 125 Å². The first-order valence-corrected chi connectivity index (χ1v) is 33.3. The number of unbranched alkanes of at least 4 members (excludes halogenated alkanes) is 1. The zero-order valence-electron chi connectivity index (χ0n) is 52.2. The highest BCUT2D eigenvalue weighted by molar-refractivity contribution is 7.86. The molecule has 4 bridgehead atoms. The van der Waals surface area contributed by atoms with Crippen molar-refractivity contribution >= 4 is 67.1 Å². The molecule has 4 aliphatic rings. The molecule has 4 saturated carbocycles. The quantitative estimate of drug-likeness (QED) is 0.0184. The Labute approximate surface area is 520 Å². The van der Waals surface area contributed by atoms with Gasteiger partial charge >= 0.3 is 5.97 Å². The van der Waals surface area contributed by atoms with Crippen LogP contribution in [0.2, 0.25) is 0 Å². The second-order valence-corrected chi connectivity index (χ2v) is 28.9. The Kier molecular flexibility index (Phi) is 21.3. The Hall–Kier alpha value is -7.42. The summed E-state index contributed by atoms with van der Waals surface area (Å²) in [5.41, 5.74) is 3.86. The van der Waals surface area contributed by atoms with Crippen molar-refractivity contribution in [2.24, 2.45) is 39.4 Å². The largest absolute Gasteiger partial charge is 0.497 e. The number of fused-ring (bicyclic) bond motifs is 4. The molecule has 0 aliphatic heterocycles. The molecule has 2 N–H and O–H groups in total. The fraction of sp³-hybridized carbons (Fsp3) is 0.417. The maximum absolute atomic E-state index is 13.4. The molecule has 5 unspecified atom stereocenters. The van der Waals surface area contributed by atoms with Crippen LogP contribution in [-0.4, -0.2) is 80.3 Å². The van der Waals surface area contributed by atoms with Crippen LogP contribution >= 0.6 is 0 Å². The highest BCUT2D eigenvalue weighted by Crippen LogP contribution is 2.67. The summed E-state index contributed by atoms with van der Waals surface area (Å²) in [5.74, 6) is -1.66. The summed E-state index contributed by atoms with van der Waals surface area (Å²) < 4.78 is 76.8. The Morgan fingerprint density at radius 3 is 1.43 bits per heavy atom. The summed E-state index contributed by atoms with van der Waals surface area (Å²) >= 11 is 0. The molecule has 0 amide bonds. The van der Waals surface area contributed by atoms with Gasteiger partial charge in [-0.25, -0.2) is 4.79 Å². The molecule has 16 heteroatoms. The molecule has 5 aromatic carbocycles. The van der Waals surface area contributed by atoms with Gasteiger partial charge in [-0.05, 0) is 130 Å². The molecule has 5 aromatic rings. The Balaban J connectivity index is 0.000000196. The monoisotopic (exact) mass is 1230 g/mol. The van der Waals surface area contributed by atoms with E-state index in [0.717, 1.165) is 53.5 Å².